The van der Waals surface area contributed by atoms with Crippen LogP contribution in [0.1, 0.15) is 32.7 Å². The first-order valence-corrected chi connectivity index (χ1v) is 11.8. The van der Waals surface area contributed by atoms with Gasteiger partial charge in [0.2, 0.25) is 0 Å². The lowest BCUT2D eigenvalue weighted by atomic mass is 10.1. The van der Waals surface area contributed by atoms with Crippen LogP contribution >= 0.6 is 0 Å². The van der Waals surface area contributed by atoms with Gasteiger partial charge in [0.25, 0.3) is 11.5 Å². The number of nitrogens with zero attached hydrogens (tertiary/aromatic N) is 4. The molecule has 0 aliphatic carbocycles. The molecule has 2 N–H and O–H groups in total. The van der Waals surface area contributed by atoms with Crippen LogP contribution < -0.4 is 15.8 Å². The molecule has 0 spiro atoms. The van der Waals surface area contributed by atoms with Crippen molar-refractivity contribution in [3.8, 4) is 11.3 Å². The number of carbonyl (C=O) groups is 1. The first-order chi connectivity index (χ1) is 16.8. The summed E-state index contributed by atoms with van der Waals surface area (Å²) in [6, 6.07) is 7.85. The number of rotatable bonds is 5. The van der Waals surface area contributed by atoms with Gasteiger partial charge in [-0.3, -0.25) is 14.3 Å². The molecule has 1 aliphatic heterocycles. The number of hydrogen-bond acceptors (Lipinski definition) is 5. The molecule has 0 atom stereocenters. The van der Waals surface area contributed by atoms with E-state index in [-0.39, 0.29) is 18.0 Å². The molecule has 1 saturated heterocycles. The molecule has 1 aliphatic rings. The van der Waals surface area contributed by atoms with Gasteiger partial charge in [-0.05, 0) is 50.6 Å². The lowest BCUT2D eigenvalue weighted by molar-refractivity contribution is 0.0950. The number of ether oxygens (including phenoxy) is 1. The van der Waals surface area contributed by atoms with Crippen LogP contribution in [-0.4, -0.2) is 51.4 Å². The monoisotopic (exact) mass is 474 g/mol. The molecule has 4 aromatic heterocycles. The highest BCUT2D eigenvalue weighted by Gasteiger charge is 2.23. The van der Waals surface area contributed by atoms with Crippen molar-refractivity contribution < 1.29 is 9.53 Å². The lowest BCUT2D eigenvalue weighted by Crippen LogP contribution is -2.38. The summed E-state index contributed by atoms with van der Waals surface area (Å²) in [5.74, 6) is 0.766. The number of aromatic amines is 1. The maximum absolute atomic E-state index is 13.4. The Balaban J connectivity index is 1.55. The molecule has 5 heterocycles. The molecular weight excluding hydrogens is 444 g/mol. The van der Waals surface area contributed by atoms with E-state index in [2.05, 4.69) is 37.0 Å². The second-order valence-electron chi connectivity index (χ2n) is 9.13. The average Bonchev–Trinajstić information content (AvgIpc) is 3.44. The van der Waals surface area contributed by atoms with Crippen molar-refractivity contribution in [3.05, 3.63) is 75.0 Å². The van der Waals surface area contributed by atoms with Gasteiger partial charge in [-0.1, -0.05) is 0 Å². The number of H-pyrrole nitrogens is 1. The van der Waals surface area contributed by atoms with Crippen molar-refractivity contribution in [1.82, 2.24) is 24.5 Å². The molecule has 0 unspecified atom stereocenters. The number of anilines is 1. The van der Waals surface area contributed by atoms with Crippen molar-refractivity contribution in [2.45, 2.75) is 27.3 Å². The van der Waals surface area contributed by atoms with Gasteiger partial charge in [0.15, 0.2) is 0 Å². The van der Waals surface area contributed by atoms with Gasteiger partial charge in [0.1, 0.15) is 5.82 Å². The maximum atomic E-state index is 13.4. The number of carbonyl (C=O) groups excluding carboxylic acids is 1. The molecule has 4 aromatic rings. The van der Waals surface area contributed by atoms with Crippen LogP contribution in [0.4, 0.5) is 5.82 Å². The minimum absolute atomic E-state index is 0.165. The molecule has 1 amide bonds. The standard InChI is InChI=1S/C26H30N6O3/c1-16-11-17(2)28-25(34)22(16)14-27-24(33)21-13-20-12-19(23-5-6-30(4)29-23)15-32(20)26(18(21)3)31-7-9-35-10-8-31/h5-6,11-13,15H,7-10,14H2,1-4H3,(H,27,33)(H,28,34). The lowest BCUT2D eigenvalue weighted by Gasteiger charge is -2.31. The van der Waals surface area contributed by atoms with E-state index in [9.17, 15) is 9.59 Å². The van der Waals surface area contributed by atoms with Crippen LogP contribution in [0.15, 0.2) is 41.5 Å². The summed E-state index contributed by atoms with van der Waals surface area (Å²) in [5.41, 5.74) is 6.30. The van der Waals surface area contributed by atoms with E-state index < -0.39 is 0 Å². The van der Waals surface area contributed by atoms with Crippen molar-refractivity contribution in [2.75, 3.05) is 31.2 Å². The number of aromatic nitrogens is 4. The molecule has 9 heteroatoms. The summed E-state index contributed by atoms with van der Waals surface area (Å²) in [5, 5.41) is 7.51. The zero-order chi connectivity index (χ0) is 24.7. The van der Waals surface area contributed by atoms with E-state index in [4.69, 9.17) is 4.74 Å². The highest BCUT2D eigenvalue weighted by Crippen LogP contribution is 2.31. The molecule has 5 rings (SSSR count). The minimum atomic E-state index is -0.209. The number of aryl methyl sites for hydroxylation is 3. The van der Waals surface area contributed by atoms with Gasteiger partial charge in [0.05, 0.1) is 18.9 Å². The predicted octanol–water partition coefficient (Wildman–Crippen LogP) is 2.72. The molecule has 35 heavy (non-hydrogen) atoms. The molecule has 0 saturated carbocycles. The first-order valence-electron chi connectivity index (χ1n) is 11.8. The fourth-order valence-corrected chi connectivity index (χ4v) is 4.81. The number of morpholine rings is 1. The average molecular weight is 475 g/mol. The Hall–Kier alpha value is -3.85. The molecule has 9 nitrogen and oxygen atoms in total. The fourth-order valence-electron chi connectivity index (χ4n) is 4.81. The minimum Gasteiger partial charge on any atom is -0.378 e. The third-order valence-electron chi connectivity index (χ3n) is 6.59. The fraction of sp³-hybridized carbons (Fsp3) is 0.346. The Labute approximate surface area is 203 Å². The Morgan fingerprint density at radius 2 is 1.94 bits per heavy atom. The van der Waals surface area contributed by atoms with Gasteiger partial charge in [-0.2, -0.15) is 5.10 Å². The number of fused-ring (bicyclic) bond motifs is 1. The van der Waals surface area contributed by atoms with E-state index in [0.29, 0.717) is 24.3 Å². The second-order valence-corrected chi connectivity index (χ2v) is 9.13. The van der Waals surface area contributed by atoms with E-state index in [0.717, 1.165) is 52.5 Å². The Morgan fingerprint density at radius 3 is 2.63 bits per heavy atom. The van der Waals surface area contributed by atoms with Crippen LogP contribution in [-0.2, 0) is 18.3 Å². The van der Waals surface area contributed by atoms with Gasteiger partial charge < -0.3 is 24.3 Å². The third kappa shape index (κ3) is 4.35. The normalized spacial score (nSPS) is 14.0. The van der Waals surface area contributed by atoms with Crippen LogP contribution in [0.2, 0.25) is 0 Å². The van der Waals surface area contributed by atoms with Crippen molar-refractivity contribution in [2.24, 2.45) is 7.05 Å². The number of nitrogens with one attached hydrogen (secondary N) is 2. The first kappa shape index (κ1) is 22.9. The highest BCUT2D eigenvalue weighted by molar-refractivity contribution is 5.98. The predicted molar refractivity (Wildman–Crippen MR) is 135 cm³/mol. The SMILES string of the molecule is Cc1cc(C)c(CNC(=O)c2cc3cc(-c4ccn(C)n4)cn3c(N3CCOCC3)c2C)c(=O)[nH]1. The summed E-state index contributed by atoms with van der Waals surface area (Å²) in [6.07, 6.45) is 3.99. The zero-order valence-corrected chi connectivity index (χ0v) is 20.5. The summed E-state index contributed by atoms with van der Waals surface area (Å²) in [4.78, 5) is 30.9. The van der Waals surface area contributed by atoms with Crippen molar-refractivity contribution in [1.29, 1.82) is 0 Å². The van der Waals surface area contributed by atoms with Gasteiger partial charge in [-0.25, -0.2) is 0 Å². The van der Waals surface area contributed by atoms with Gasteiger partial charge >= 0.3 is 0 Å². The molecule has 0 radical (unpaired) electrons. The number of amides is 1. The van der Waals surface area contributed by atoms with Crippen molar-refractivity contribution in [3.63, 3.8) is 0 Å². The van der Waals surface area contributed by atoms with Gasteiger partial charge in [-0.15, -0.1) is 0 Å². The Bertz CT molecular complexity index is 1470. The molecule has 0 bridgehead atoms. The number of hydrogen-bond donors (Lipinski definition) is 2. The Morgan fingerprint density at radius 1 is 1.17 bits per heavy atom. The smallest absolute Gasteiger partial charge is 0.253 e. The summed E-state index contributed by atoms with van der Waals surface area (Å²) in [6.45, 7) is 8.65. The topological polar surface area (TPSA) is 96.7 Å². The Kier molecular flexibility index (Phi) is 5.94. The number of pyridine rings is 2. The summed E-state index contributed by atoms with van der Waals surface area (Å²) in [7, 11) is 1.89. The van der Waals surface area contributed by atoms with Gasteiger partial charge in [0, 0.05) is 72.5 Å². The van der Waals surface area contributed by atoms with E-state index in [1.165, 1.54) is 0 Å². The maximum Gasteiger partial charge on any atom is 0.253 e. The summed E-state index contributed by atoms with van der Waals surface area (Å²) >= 11 is 0. The van der Waals surface area contributed by atoms with Crippen molar-refractivity contribution >= 4 is 17.2 Å². The van der Waals surface area contributed by atoms with Crippen LogP contribution in [0, 0.1) is 20.8 Å². The van der Waals surface area contributed by atoms with E-state index in [1.54, 1.807) is 4.68 Å². The van der Waals surface area contributed by atoms with Crippen LogP contribution in [0.5, 0.6) is 0 Å². The quantitative estimate of drug-likeness (QED) is 0.464. The van der Waals surface area contributed by atoms with E-state index in [1.807, 2.05) is 52.2 Å². The molecule has 0 aromatic carbocycles. The third-order valence-corrected chi connectivity index (χ3v) is 6.59. The van der Waals surface area contributed by atoms with Crippen LogP contribution in [0.25, 0.3) is 16.8 Å². The second kappa shape index (κ2) is 9.07. The summed E-state index contributed by atoms with van der Waals surface area (Å²) < 4.78 is 9.48. The largest absolute Gasteiger partial charge is 0.378 e. The van der Waals surface area contributed by atoms with Crippen LogP contribution in [0.3, 0.4) is 0 Å². The highest BCUT2D eigenvalue weighted by atomic mass is 16.5. The zero-order valence-electron chi connectivity index (χ0n) is 20.5. The van der Waals surface area contributed by atoms with E-state index >= 15 is 0 Å². The molecular formula is C26H30N6O3. The molecule has 1 fully saturated rings. The molecule has 182 valence electrons.